The van der Waals surface area contributed by atoms with Gasteiger partial charge in [-0.25, -0.2) is 4.98 Å². The first kappa shape index (κ1) is 13.4. The van der Waals surface area contributed by atoms with Gasteiger partial charge in [-0.1, -0.05) is 49.6 Å². The van der Waals surface area contributed by atoms with E-state index in [1.54, 1.807) is 0 Å². The van der Waals surface area contributed by atoms with E-state index in [9.17, 15) is 0 Å². The maximum absolute atomic E-state index is 4.78. The first-order chi connectivity index (χ1) is 9.65. The molecule has 1 aromatic carbocycles. The summed E-state index contributed by atoms with van der Waals surface area (Å²) in [6.45, 7) is 6.64. The largest absolute Gasteiger partial charge is 0.331 e. The highest BCUT2D eigenvalue weighted by molar-refractivity contribution is 5.59. The molecule has 1 saturated carbocycles. The van der Waals surface area contributed by atoms with E-state index in [1.165, 1.54) is 36.8 Å². The summed E-state index contributed by atoms with van der Waals surface area (Å²) >= 11 is 0. The van der Waals surface area contributed by atoms with E-state index in [0.29, 0.717) is 6.04 Å². The topological polar surface area (TPSA) is 17.8 Å². The highest BCUT2D eigenvalue weighted by atomic mass is 15.1. The summed E-state index contributed by atoms with van der Waals surface area (Å²) < 4.78 is 2.42. The Bertz CT molecular complexity index is 580. The molecule has 0 radical (unpaired) electrons. The molecular formula is C18H24N2. The minimum absolute atomic E-state index is 0.635. The van der Waals surface area contributed by atoms with Gasteiger partial charge in [0.15, 0.2) is 0 Å². The number of benzene rings is 1. The quantitative estimate of drug-likeness (QED) is 0.756. The highest BCUT2D eigenvalue weighted by Crippen LogP contribution is 2.35. The van der Waals surface area contributed by atoms with Gasteiger partial charge < -0.3 is 4.57 Å². The van der Waals surface area contributed by atoms with Gasteiger partial charge >= 0.3 is 0 Å². The maximum Gasteiger partial charge on any atom is 0.106 e. The standard InChI is InChI=1S/C18H24N2/c1-13-8-10-16(11-9-13)17-12-20(15(3)19-17)18-7-5-4-6-14(18)2/h8-12,14,18H,4-7H2,1-3H3. The Morgan fingerprint density at radius 3 is 2.45 bits per heavy atom. The van der Waals surface area contributed by atoms with Crippen molar-refractivity contribution >= 4 is 0 Å². The number of aromatic nitrogens is 2. The summed E-state index contributed by atoms with van der Waals surface area (Å²) in [6.07, 6.45) is 7.64. The van der Waals surface area contributed by atoms with E-state index in [4.69, 9.17) is 4.98 Å². The predicted octanol–water partition coefficient (Wildman–Crippen LogP) is 4.92. The number of hydrogen-bond donors (Lipinski definition) is 0. The second-order valence-electron chi connectivity index (χ2n) is 6.28. The van der Waals surface area contributed by atoms with E-state index in [0.717, 1.165) is 17.4 Å². The van der Waals surface area contributed by atoms with Crippen LogP contribution < -0.4 is 0 Å². The number of hydrogen-bond acceptors (Lipinski definition) is 1. The van der Waals surface area contributed by atoms with Crippen molar-refractivity contribution in [3.05, 3.63) is 41.9 Å². The normalized spacial score (nSPS) is 22.9. The number of nitrogens with zero attached hydrogens (tertiary/aromatic N) is 2. The average molecular weight is 268 g/mol. The summed E-state index contributed by atoms with van der Waals surface area (Å²) in [5.41, 5.74) is 3.63. The van der Waals surface area contributed by atoms with Gasteiger partial charge in [0.25, 0.3) is 0 Å². The van der Waals surface area contributed by atoms with Crippen LogP contribution in [0.3, 0.4) is 0 Å². The van der Waals surface area contributed by atoms with E-state index in [2.05, 4.69) is 55.8 Å². The molecule has 2 unspecified atom stereocenters. The Balaban J connectivity index is 1.92. The third kappa shape index (κ3) is 2.52. The number of aryl methyl sites for hydroxylation is 2. The van der Waals surface area contributed by atoms with Crippen LogP contribution in [0.5, 0.6) is 0 Å². The van der Waals surface area contributed by atoms with Crippen molar-refractivity contribution in [2.45, 2.75) is 52.5 Å². The minimum atomic E-state index is 0.635. The van der Waals surface area contributed by atoms with Crippen LogP contribution in [0, 0.1) is 19.8 Å². The molecule has 3 rings (SSSR count). The fourth-order valence-corrected chi connectivity index (χ4v) is 3.40. The molecule has 0 N–H and O–H groups in total. The van der Waals surface area contributed by atoms with Gasteiger partial charge in [0, 0.05) is 17.8 Å². The number of rotatable bonds is 2. The second-order valence-corrected chi connectivity index (χ2v) is 6.28. The van der Waals surface area contributed by atoms with Crippen molar-refractivity contribution in [3.63, 3.8) is 0 Å². The molecule has 1 aliphatic rings. The molecule has 1 aliphatic carbocycles. The first-order valence-corrected chi connectivity index (χ1v) is 7.77. The fourth-order valence-electron chi connectivity index (χ4n) is 3.40. The maximum atomic E-state index is 4.78. The van der Waals surface area contributed by atoms with Crippen LogP contribution in [-0.4, -0.2) is 9.55 Å². The lowest BCUT2D eigenvalue weighted by Crippen LogP contribution is -2.21. The molecule has 1 heterocycles. The SMILES string of the molecule is Cc1ccc(-c2cn(C3CCCCC3C)c(C)n2)cc1. The molecule has 2 atom stereocenters. The zero-order valence-electron chi connectivity index (χ0n) is 12.8. The summed E-state index contributed by atoms with van der Waals surface area (Å²) in [4.78, 5) is 4.78. The Morgan fingerprint density at radius 1 is 1.05 bits per heavy atom. The van der Waals surface area contributed by atoms with Crippen molar-refractivity contribution in [3.8, 4) is 11.3 Å². The van der Waals surface area contributed by atoms with Gasteiger partial charge in [0.05, 0.1) is 5.69 Å². The van der Waals surface area contributed by atoms with Crippen molar-refractivity contribution in [2.75, 3.05) is 0 Å². The zero-order valence-corrected chi connectivity index (χ0v) is 12.8. The molecule has 2 nitrogen and oxygen atoms in total. The lowest BCUT2D eigenvalue weighted by atomic mass is 9.86. The average Bonchev–Trinajstić information content (AvgIpc) is 2.82. The summed E-state index contributed by atoms with van der Waals surface area (Å²) in [6, 6.07) is 9.30. The van der Waals surface area contributed by atoms with Crippen LogP contribution >= 0.6 is 0 Å². The molecule has 0 amide bonds. The summed E-state index contributed by atoms with van der Waals surface area (Å²) in [5, 5.41) is 0. The number of imidazole rings is 1. The molecule has 0 bridgehead atoms. The smallest absolute Gasteiger partial charge is 0.106 e. The molecule has 2 heteroatoms. The van der Waals surface area contributed by atoms with Crippen molar-refractivity contribution in [1.29, 1.82) is 0 Å². The van der Waals surface area contributed by atoms with Crippen LogP contribution in [0.25, 0.3) is 11.3 Å². The van der Waals surface area contributed by atoms with Crippen molar-refractivity contribution in [1.82, 2.24) is 9.55 Å². The Labute approximate surface area is 121 Å². The Kier molecular flexibility index (Phi) is 3.64. The molecule has 1 aromatic heterocycles. The fraction of sp³-hybridized carbons (Fsp3) is 0.500. The molecule has 20 heavy (non-hydrogen) atoms. The summed E-state index contributed by atoms with van der Waals surface area (Å²) in [7, 11) is 0. The van der Waals surface area contributed by atoms with Gasteiger partial charge in [0.2, 0.25) is 0 Å². The molecule has 0 spiro atoms. The van der Waals surface area contributed by atoms with Gasteiger partial charge in [-0.15, -0.1) is 0 Å². The van der Waals surface area contributed by atoms with Crippen LogP contribution in [0.4, 0.5) is 0 Å². The van der Waals surface area contributed by atoms with Crippen LogP contribution in [-0.2, 0) is 0 Å². The van der Waals surface area contributed by atoms with E-state index in [-0.39, 0.29) is 0 Å². The second kappa shape index (κ2) is 5.43. The molecule has 1 fully saturated rings. The van der Waals surface area contributed by atoms with E-state index >= 15 is 0 Å². The third-order valence-corrected chi connectivity index (χ3v) is 4.69. The first-order valence-electron chi connectivity index (χ1n) is 7.77. The lowest BCUT2D eigenvalue weighted by Gasteiger charge is -2.30. The van der Waals surface area contributed by atoms with Crippen molar-refractivity contribution in [2.24, 2.45) is 5.92 Å². The summed E-state index contributed by atoms with van der Waals surface area (Å²) in [5.74, 6) is 1.92. The van der Waals surface area contributed by atoms with Crippen LogP contribution in [0.15, 0.2) is 30.5 Å². The van der Waals surface area contributed by atoms with Gasteiger partial charge in [-0.3, -0.25) is 0 Å². The van der Waals surface area contributed by atoms with E-state index < -0.39 is 0 Å². The Hall–Kier alpha value is -1.57. The van der Waals surface area contributed by atoms with Crippen LogP contribution in [0.1, 0.15) is 50.0 Å². The molecule has 0 saturated heterocycles. The molecule has 106 valence electrons. The van der Waals surface area contributed by atoms with Gasteiger partial charge in [-0.2, -0.15) is 0 Å². The molecule has 2 aromatic rings. The monoisotopic (exact) mass is 268 g/mol. The highest BCUT2D eigenvalue weighted by Gasteiger charge is 2.24. The van der Waals surface area contributed by atoms with E-state index in [1.807, 2.05) is 0 Å². The third-order valence-electron chi connectivity index (χ3n) is 4.69. The molecule has 0 aliphatic heterocycles. The van der Waals surface area contributed by atoms with Gasteiger partial charge in [-0.05, 0) is 32.6 Å². The molecular weight excluding hydrogens is 244 g/mol. The van der Waals surface area contributed by atoms with Gasteiger partial charge in [0.1, 0.15) is 5.82 Å². The lowest BCUT2D eigenvalue weighted by molar-refractivity contribution is 0.254. The van der Waals surface area contributed by atoms with Crippen LogP contribution in [0.2, 0.25) is 0 Å². The zero-order chi connectivity index (χ0) is 14.1. The predicted molar refractivity (Wildman–Crippen MR) is 83.8 cm³/mol. The van der Waals surface area contributed by atoms with Crippen molar-refractivity contribution < 1.29 is 0 Å². The Morgan fingerprint density at radius 2 is 1.75 bits per heavy atom. The minimum Gasteiger partial charge on any atom is -0.331 e.